The Bertz CT molecular complexity index is 456. The van der Waals surface area contributed by atoms with Crippen LogP contribution in [-0.4, -0.2) is 43.5 Å². The first kappa shape index (κ1) is 18.7. The predicted octanol–water partition coefficient (Wildman–Crippen LogP) is 2.90. The summed E-state index contributed by atoms with van der Waals surface area (Å²) in [5.41, 5.74) is 7.53. The normalized spacial score (nSPS) is 28.0. The van der Waals surface area contributed by atoms with Gasteiger partial charge in [-0.3, -0.25) is 0 Å². The van der Waals surface area contributed by atoms with Crippen molar-refractivity contribution in [2.75, 3.05) is 19.8 Å². The topological polar surface area (TPSA) is 62.9 Å². The van der Waals surface area contributed by atoms with E-state index in [1.807, 2.05) is 13.8 Å². The van der Waals surface area contributed by atoms with E-state index >= 15 is 0 Å². The second-order valence-corrected chi connectivity index (χ2v) is 6.79. The standard InChI is InChI=1S/C17H27NO4S/c1-4-19-11-15-17(22-20-5-2)14(18)10-16(21-15)23-13-8-6-12(3)7-9-13/h6-9,14-17H,4-5,10-11,18H2,1-3H3. The van der Waals surface area contributed by atoms with Crippen molar-refractivity contribution in [1.82, 2.24) is 0 Å². The molecule has 2 rings (SSSR count). The third-order valence-corrected chi connectivity index (χ3v) is 4.76. The Morgan fingerprint density at radius 2 is 1.96 bits per heavy atom. The average Bonchev–Trinajstić information content (AvgIpc) is 2.54. The third-order valence-electron chi connectivity index (χ3n) is 3.65. The first-order chi connectivity index (χ1) is 11.1. The minimum absolute atomic E-state index is 0.0142. The van der Waals surface area contributed by atoms with Crippen molar-refractivity contribution in [2.45, 2.75) is 55.8 Å². The van der Waals surface area contributed by atoms with Gasteiger partial charge < -0.3 is 15.2 Å². The van der Waals surface area contributed by atoms with E-state index in [0.29, 0.717) is 26.2 Å². The van der Waals surface area contributed by atoms with E-state index < -0.39 is 0 Å². The molecule has 1 aliphatic rings. The Morgan fingerprint density at radius 1 is 1.22 bits per heavy atom. The summed E-state index contributed by atoms with van der Waals surface area (Å²) in [6.07, 6.45) is 0.170. The molecule has 23 heavy (non-hydrogen) atoms. The van der Waals surface area contributed by atoms with Crippen molar-refractivity contribution in [1.29, 1.82) is 0 Å². The van der Waals surface area contributed by atoms with E-state index in [4.69, 9.17) is 25.0 Å². The second-order valence-electron chi connectivity index (χ2n) is 5.56. The molecule has 4 unspecified atom stereocenters. The van der Waals surface area contributed by atoms with Crippen molar-refractivity contribution in [3.63, 3.8) is 0 Å². The fraction of sp³-hybridized carbons (Fsp3) is 0.647. The molecule has 6 heteroatoms. The fourth-order valence-corrected chi connectivity index (χ4v) is 3.57. The van der Waals surface area contributed by atoms with Gasteiger partial charge in [0.15, 0.2) is 0 Å². The average molecular weight is 341 g/mol. The summed E-state index contributed by atoms with van der Waals surface area (Å²) in [7, 11) is 0. The lowest BCUT2D eigenvalue weighted by molar-refractivity contribution is -0.351. The van der Waals surface area contributed by atoms with E-state index in [2.05, 4.69) is 31.2 Å². The van der Waals surface area contributed by atoms with Crippen LogP contribution in [0.15, 0.2) is 29.2 Å². The predicted molar refractivity (Wildman–Crippen MR) is 91.3 cm³/mol. The summed E-state index contributed by atoms with van der Waals surface area (Å²) in [6, 6.07) is 8.27. The van der Waals surface area contributed by atoms with Gasteiger partial charge in [0.25, 0.3) is 0 Å². The zero-order valence-electron chi connectivity index (χ0n) is 14.1. The monoisotopic (exact) mass is 341 g/mol. The lowest BCUT2D eigenvalue weighted by Gasteiger charge is -2.38. The number of hydrogen-bond donors (Lipinski definition) is 1. The molecule has 1 saturated heterocycles. The fourth-order valence-electron chi connectivity index (χ4n) is 2.45. The summed E-state index contributed by atoms with van der Waals surface area (Å²) in [6.45, 7) is 7.48. The molecule has 130 valence electrons. The number of benzene rings is 1. The molecule has 1 aromatic rings. The molecule has 1 fully saturated rings. The quantitative estimate of drug-likeness (QED) is 0.579. The van der Waals surface area contributed by atoms with Crippen molar-refractivity contribution in [3.8, 4) is 0 Å². The highest BCUT2D eigenvalue weighted by molar-refractivity contribution is 7.99. The lowest BCUT2D eigenvalue weighted by Crippen LogP contribution is -2.54. The minimum Gasteiger partial charge on any atom is -0.379 e. The molecule has 0 radical (unpaired) electrons. The summed E-state index contributed by atoms with van der Waals surface area (Å²) < 4.78 is 11.7. The molecule has 4 atom stereocenters. The third kappa shape index (κ3) is 5.74. The van der Waals surface area contributed by atoms with Crippen molar-refractivity contribution >= 4 is 11.8 Å². The van der Waals surface area contributed by atoms with Gasteiger partial charge in [0, 0.05) is 24.0 Å². The number of hydrogen-bond acceptors (Lipinski definition) is 6. The molecule has 1 aliphatic heterocycles. The minimum atomic E-state index is -0.309. The molecule has 2 N–H and O–H groups in total. The van der Waals surface area contributed by atoms with Gasteiger partial charge >= 0.3 is 0 Å². The van der Waals surface area contributed by atoms with Crippen LogP contribution in [0.25, 0.3) is 0 Å². The van der Waals surface area contributed by atoms with Gasteiger partial charge in [-0.2, -0.15) is 0 Å². The number of thioether (sulfide) groups is 1. The summed E-state index contributed by atoms with van der Waals surface area (Å²) in [5, 5.41) is 0. The molecule has 0 amide bonds. The van der Waals surface area contributed by atoms with Gasteiger partial charge in [0.2, 0.25) is 0 Å². The molecule has 1 heterocycles. The Hall–Kier alpha value is -0.630. The molecule has 0 spiro atoms. The Labute approximate surface area is 142 Å². The second kappa shape index (κ2) is 9.61. The number of rotatable bonds is 8. The zero-order chi connectivity index (χ0) is 16.7. The van der Waals surface area contributed by atoms with Crippen LogP contribution in [-0.2, 0) is 19.2 Å². The van der Waals surface area contributed by atoms with Gasteiger partial charge in [-0.25, -0.2) is 9.78 Å². The number of aryl methyl sites for hydroxylation is 1. The van der Waals surface area contributed by atoms with E-state index in [1.54, 1.807) is 11.8 Å². The molecule has 1 aromatic carbocycles. The van der Waals surface area contributed by atoms with Gasteiger partial charge in [-0.05, 0) is 32.9 Å². The van der Waals surface area contributed by atoms with E-state index in [-0.39, 0.29) is 23.7 Å². The largest absolute Gasteiger partial charge is 0.379 e. The van der Waals surface area contributed by atoms with E-state index in [9.17, 15) is 0 Å². The highest BCUT2D eigenvalue weighted by atomic mass is 32.2. The Morgan fingerprint density at radius 3 is 2.61 bits per heavy atom. The van der Waals surface area contributed by atoms with Crippen LogP contribution in [0.4, 0.5) is 0 Å². The van der Waals surface area contributed by atoms with Gasteiger partial charge in [-0.15, -0.1) is 0 Å². The lowest BCUT2D eigenvalue weighted by atomic mass is 10.0. The highest BCUT2D eigenvalue weighted by Gasteiger charge is 2.39. The maximum absolute atomic E-state index is 6.30. The van der Waals surface area contributed by atoms with E-state index in [1.165, 1.54) is 10.5 Å². The molecular formula is C17H27NO4S. The summed E-state index contributed by atoms with van der Waals surface area (Å²) in [4.78, 5) is 11.7. The van der Waals surface area contributed by atoms with Crippen molar-refractivity contribution < 1.29 is 19.2 Å². The van der Waals surface area contributed by atoms with E-state index in [0.717, 1.165) is 0 Å². The van der Waals surface area contributed by atoms with Crippen LogP contribution in [0.3, 0.4) is 0 Å². The molecule has 0 saturated carbocycles. The number of nitrogens with two attached hydrogens (primary N) is 1. The van der Waals surface area contributed by atoms with Crippen molar-refractivity contribution in [3.05, 3.63) is 29.8 Å². The smallest absolute Gasteiger partial charge is 0.136 e. The van der Waals surface area contributed by atoms with Crippen LogP contribution in [0.5, 0.6) is 0 Å². The summed E-state index contributed by atoms with van der Waals surface area (Å²) in [5.74, 6) is 0. The molecule has 5 nitrogen and oxygen atoms in total. The van der Waals surface area contributed by atoms with Crippen LogP contribution >= 0.6 is 11.8 Å². The maximum atomic E-state index is 6.30. The van der Waals surface area contributed by atoms with Crippen LogP contribution in [0.2, 0.25) is 0 Å². The molecule has 0 bridgehead atoms. The Kier molecular flexibility index (Phi) is 7.82. The van der Waals surface area contributed by atoms with Gasteiger partial charge in [0.1, 0.15) is 17.6 Å². The van der Waals surface area contributed by atoms with Crippen molar-refractivity contribution in [2.24, 2.45) is 5.73 Å². The summed E-state index contributed by atoms with van der Waals surface area (Å²) >= 11 is 1.69. The first-order valence-corrected chi connectivity index (χ1v) is 9.02. The molecule has 0 aromatic heterocycles. The highest BCUT2D eigenvalue weighted by Crippen LogP contribution is 2.33. The molecular weight excluding hydrogens is 314 g/mol. The zero-order valence-corrected chi connectivity index (χ0v) is 14.9. The SMILES string of the molecule is CCOCC1OC(Sc2ccc(C)cc2)CC(N)C1OOCC. The maximum Gasteiger partial charge on any atom is 0.136 e. The Balaban J connectivity index is 1.98. The van der Waals surface area contributed by atoms with Gasteiger partial charge in [-0.1, -0.05) is 29.5 Å². The van der Waals surface area contributed by atoms with Crippen LogP contribution in [0.1, 0.15) is 25.8 Å². The van der Waals surface area contributed by atoms with Crippen LogP contribution < -0.4 is 5.73 Å². The number of ether oxygens (including phenoxy) is 2. The molecule has 0 aliphatic carbocycles. The first-order valence-electron chi connectivity index (χ1n) is 8.14. The van der Waals surface area contributed by atoms with Gasteiger partial charge in [0.05, 0.1) is 13.2 Å². The van der Waals surface area contributed by atoms with Crippen LogP contribution in [0, 0.1) is 6.92 Å².